The highest BCUT2D eigenvalue weighted by molar-refractivity contribution is 5.75. The van der Waals surface area contributed by atoms with Crippen molar-refractivity contribution in [2.75, 3.05) is 27.4 Å². The van der Waals surface area contributed by atoms with Gasteiger partial charge in [0.2, 0.25) is 0 Å². The number of hydrogen-bond donors (Lipinski definition) is 0. The van der Waals surface area contributed by atoms with Crippen molar-refractivity contribution >= 4 is 5.97 Å². The van der Waals surface area contributed by atoms with Gasteiger partial charge in [0, 0.05) is 7.11 Å². The van der Waals surface area contributed by atoms with Crippen molar-refractivity contribution < 1.29 is 19.0 Å². The molecule has 0 aliphatic heterocycles. The first-order valence-electron chi connectivity index (χ1n) is 4.63. The molecule has 0 spiro atoms. The maximum atomic E-state index is 11.3. The molecule has 0 aliphatic carbocycles. The van der Waals surface area contributed by atoms with Gasteiger partial charge in [0.05, 0.1) is 31.8 Å². The molecule has 4 heteroatoms. The summed E-state index contributed by atoms with van der Waals surface area (Å²) < 4.78 is 15.0. The Bertz CT molecular complexity index is 177. The molecule has 84 valence electrons. The summed E-state index contributed by atoms with van der Waals surface area (Å²) in [7, 11) is 2.99. The van der Waals surface area contributed by atoms with Crippen LogP contribution in [0.1, 0.15) is 20.8 Å². The van der Waals surface area contributed by atoms with Crippen LogP contribution in [0.3, 0.4) is 0 Å². The molecule has 0 amide bonds. The molecule has 0 rings (SSSR count). The molecule has 0 N–H and O–H groups in total. The summed E-state index contributed by atoms with van der Waals surface area (Å²) >= 11 is 0. The molecular weight excluding hydrogens is 184 g/mol. The van der Waals surface area contributed by atoms with Crippen molar-refractivity contribution in [3.05, 3.63) is 0 Å². The Hall–Kier alpha value is -0.610. The van der Waals surface area contributed by atoms with Crippen LogP contribution in [0.4, 0.5) is 0 Å². The van der Waals surface area contributed by atoms with Gasteiger partial charge in [-0.3, -0.25) is 4.79 Å². The van der Waals surface area contributed by atoms with Crippen LogP contribution in [0.5, 0.6) is 0 Å². The molecule has 0 fully saturated rings. The van der Waals surface area contributed by atoms with Crippen molar-refractivity contribution in [2.24, 2.45) is 5.41 Å². The second-order valence-corrected chi connectivity index (χ2v) is 3.95. The van der Waals surface area contributed by atoms with E-state index in [1.54, 1.807) is 21.0 Å². The number of ether oxygens (including phenoxy) is 3. The highest BCUT2D eigenvalue weighted by Crippen LogP contribution is 2.18. The molecule has 0 saturated carbocycles. The van der Waals surface area contributed by atoms with Crippen LogP contribution >= 0.6 is 0 Å². The van der Waals surface area contributed by atoms with Gasteiger partial charge in [-0.25, -0.2) is 0 Å². The van der Waals surface area contributed by atoms with E-state index in [4.69, 9.17) is 9.47 Å². The molecule has 0 heterocycles. The second-order valence-electron chi connectivity index (χ2n) is 3.95. The van der Waals surface area contributed by atoms with Gasteiger partial charge in [-0.2, -0.15) is 0 Å². The molecule has 0 aromatic carbocycles. The van der Waals surface area contributed by atoms with Gasteiger partial charge in [0.25, 0.3) is 0 Å². The fourth-order valence-electron chi connectivity index (χ4n) is 0.969. The summed E-state index contributed by atoms with van der Waals surface area (Å²) in [6.07, 6.45) is -0.0102. The van der Waals surface area contributed by atoms with E-state index in [9.17, 15) is 4.79 Å². The average molecular weight is 204 g/mol. The molecule has 0 aliphatic rings. The van der Waals surface area contributed by atoms with E-state index in [1.807, 2.05) is 6.92 Å². The zero-order valence-corrected chi connectivity index (χ0v) is 9.62. The van der Waals surface area contributed by atoms with Crippen LogP contribution in [0.2, 0.25) is 0 Å². The average Bonchev–Trinajstić information content (AvgIpc) is 2.14. The Morgan fingerprint density at radius 2 is 1.93 bits per heavy atom. The summed E-state index contributed by atoms with van der Waals surface area (Å²) in [5, 5.41) is 0. The highest BCUT2D eigenvalue weighted by atomic mass is 16.5. The zero-order chi connectivity index (χ0) is 11.2. The second kappa shape index (κ2) is 5.98. The van der Waals surface area contributed by atoms with Crippen LogP contribution in [0, 0.1) is 5.41 Å². The van der Waals surface area contributed by atoms with Crippen LogP contribution in [-0.2, 0) is 19.0 Å². The van der Waals surface area contributed by atoms with Gasteiger partial charge >= 0.3 is 5.97 Å². The third kappa shape index (κ3) is 4.58. The third-order valence-electron chi connectivity index (χ3n) is 1.87. The van der Waals surface area contributed by atoms with E-state index in [0.29, 0.717) is 13.2 Å². The summed E-state index contributed by atoms with van der Waals surface area (Å²) in [5.74, 6) is -0.262. The summed E-state index contributed by atoms with van der Waals surface area (Å²) in [6.45, 7) is 6.34. The summed E-state index contributed by atoms with van der Waals surface area (Å²) in [6, 6.07) is 0. The van der Waals surface area contributed by atoms with Crippen LogP contribution in [-0.4, -0.2) is 39.5 Å². The van der Waals surface area contributed by atoms with E-state index >= 15 is 0 Å². The van der Waals surface area contributed by atoms with Gasteiger partial charge in [0.15, 0.2) is 0 Å². The lowest BCUT2D eigenvalue weighted by atomic mass is 9.95. The smallest absolute Gasteiger partial charge is 0.313 e. The number of hydrogen-bond acceptors (Lipinski definition) is 4. The molecule has 0 bridgehead atoms. The molecule has 0 saturated heterocycles. The lowest BCUT2D eigenvalue weighted by Gasteiger charge is -2.23. The Labute approximate surface area is 85.5 Å². The van der Waals surface area contributed by atoms with E-state index in [0.717, 1.165) is 0 Å². The predicted octanol–water partition coefficient (Wildman–Crippen LogP) is 1.24. The maximum Gasteiger partial charge on any atom is 0.313 e. The number of carbonyl (C=O) groups is 1. The lowest BCUT2D eigenvalue weighted by molar-refractivity contribution is -0.155. The first-order valence-corrected chi connectivity index (χ1v) is 4.63. The molecule has 14 heavy (non-hydrogen) atoms. The quantitative estimate of drug-likeness (QED) is 0.610. The zero-order valence-electron chi connectivity index (χ0n) is 9.62. The Balaban J connectivity index is 3.92. The third-order valence-corrected chi connectivity index (χ3v) is 1.87. The predicted molar refractivity (Wildman–Crippen MR) is 53.1 cm³/mol. The normalized spacial score (nSPS) is 13.8. The first-order chi connectivity index (χ1) is 6.44. The Kier molecular flexibility index (Phi) is 5.72. The van der Waals surface area contributed by atoms with Gasteiger partial charge in [-0.1, -0.05) is 0 Å². The molecule has 0 aromatic heterocycles. The topological polar surface area (TPSA) is 44.8 Å². The minimum absolute atomic E-state index is 0.0102. The lowest BCUT2D eigenvalue weighted by Crippen LogP contribution is -2.33. The van der Waals surface area contributed by atoms with Crippen LogP contribution in [0.25, 0.3) is 0 Å². The highest BCUT2D eigenvalue weighted by Gasteiger charge is 2.29. The first kappa shape index (κ1) is 13.4. The van der Waals surface area contributed by atoms with E-state index < -0.39 is 5.41 Å². The van der Waals surface area contributed by atoms with Gasteiger partial charge in [-0.05, 0) is 20.8 Å². The van der Waals surface area contributed by atoms with Crippen molar-refractivity contribution in [2.45, 2.75) is 26.9 Å². The Morgan fingerprint density at radius 3 is 2.36 bits per heavy atom. The summed E-state index contributed by atoms with van der Waals surface area (Å²) in [5.41, 5.74) is -0.600. The summed E-state index contributed by atoms with van der Waals surface area (Å²) in [4.78, 5) is 11.3. The molecule has 1 unspecified atom stereocenters. The van der Waals surface area contributed by atoms with E-state index in [-0.39, 0.29) is 12.1 Å². The molecular formula is C10H20O4. The minimum Gasteiger partial charge on any atom is -0.469 e. The standard InChI is InChI=1S/C10H20O4/c1-8(6-12-4)14-7-10(2,3)9(11)13-5/h8H,6-7H2,1-5H3. The van der Waals surface area contributed by atoms with Crippen molar-refractivity contribution in [1.82, 2.24) is 0 Å². The van der Waals surface area contributed by atoms with Crippen molar-refractivity contribution in [1.29, 1.82) is 0 Å². The molecule has 4 nitrogen and oxygen atoms in total. The number of methoxy groups -OCH3 is 2. The van der Waals surface area contributed by atoms with E-state index in [2.05, 4.69) is 4.74 Å². The number of esters is 1. The molecule has 1 atom stereocenters. The maximum absolute atomic E-state index is 11.3. The largest absolute Gasteiger partial charge is 0.469 e. The number of rotatable bonds is 6. The fourth-order valence-corrected chi connectivity index (χ4v) is 0.969. The number of carbonyl (C=O) groups excluding carboxylic acids is 1. The van der Waals surface area contributed by atoms with E-state index in [1.165, 1.54) is 7.11 Å². The van der Waals surface area contributed by atoms with Gasteiger partial charge in [-0.15, -0.1) is 0 Å². The molecule has 0 radical (unpaired) electrons. The van der Waals surface area contributed by atoms with Crippen molar-refractivity contribution in [3.8, 4) is 0 Å². The molecule has 0 aromatic rings. The monoisotopic (exact) mass is 204 g/mol. The SMILES string of the molecule is COCC(C)OCC(C)(C)C(=O)OC. The minimum atomic E-state index is -0.600. The van der Waals surface area contributed by atoms with Crippen LogP contribution < -0.4 is 0 Å². The Morgan fingerprint density at radius 1 is 1.36 bits per heavy atom. The van der Waals surface area contributed by atoms with Crippen molar-refractivity contribution in [3.63, 3.8) is 0 Å². The van der Waals surface area contributed by atoms with Crippen LogP contribution in [0.15, 0.2) is 0 Å². The van der Waals surface area contributed by atoms with Gasteiger partial charge in [0.1, 0.15) is 0 Å². The van der Waals surface area contributed by atoms with Gasteiger partial charge < -0.3 is 14.2 Å². The fraction of sp³-hybridized carbons (Fsp3) is 0.900.